The van der Waals surface area contributed by atoms with Crippen LogP contribution in [0.4, 0.5) is 13.2 Å². The van der Waals surface area contributed by atoms with Gasteiger partial charge in [0.2, 0.25) is 5.91 Å². The fourth-order valence-electron chi connectivity index (χ4n) is 1.03. The fourth-order valence-corrected chi connectivity index (χ4v) is 1.12. The van der Waals surface area contributed by atoms with Gasteiger partial charge in [0.15, 0.2) is 0 Å². The number of carbonyl (C=O) groups excluding carboxylic acids is 1. The van der Waals surface area contributed by atoms with Crippen LogP contribution in [0.1, 0.15) is 13.8 Å². The van der Waals surface area contributed by atoms with Crippen LogP contribution in [-0.2, 0) is 4.79 Å². The van der Waals surface area contributed by atoms with E-state index in [1.54, 1.807) is 0 Å². The van der Waals surface area contributed by atoms with Crippen LogP contribution in [0, 0.1) is 5.92 Å². The van der Waals surface area contributed by atoms with Crippen molar-refractivity contribution >= 4 is 17.5 Å². The van der Waals surface area contributed by atoms with Gasteiger partial charge >= 0.3 is 6.18 Å². The Morgan fingerprint density at radius 1 is 1.47 bits per heavy atom. The molecule has 2 N–H and O–H groups in total. The summed E-state index contributed by atoms with van der Waals surface area (Å²) in [4.78, 5) is 10.7. The minimum absolute atomic E-state index is 0.406. The van der Waals surface area contributed by atoms with Crippen LogP contribution in [0.3, 0.4) is 0 Å². The predicted octanol–water partition coefficient (Wildman–Crippen LogP) is 1.29. The molecule has 1 amide bonds. The van der Waals surface area contributed by atoms with Crippen LogP contribution in [0.25, 0.3) is 0 Å². The predicted molar refractivity (Wildman–Crippen MR) is 49.6 cm³/mol. The Morgan fingerprint density at radius 3 is 2.20 bits per heavy atom. The number of alkyl halides is 4. The number of hydrogen-bond donors (Lipinski definition) is 2. The summed E-state index contributed by atoms with van der Waals surface area (Å²) in [5.41, 5.74) is -1.95. The lowest BCUT2D eigenvalue weighted by Gasteiger charge is -2.31. The largest absolute Gasteiger partial charge is 0.396 e. The lowest BCUT2D eigenvalue weighted by molar-refractivity contribution is -0.216. The van der Waals surface area contributed by atoms with Gasteiger partial charge in [0.05, 0.1) is 5.60 Å². The third-order valence-corrected chi connectivity index (χ3v) is 2.12. The van der Waals surface area contributed by atoms with Crippen LogP contribution in [0.5, 0.6) is 0 Å². The molecule has 0 spiro atoms. The van der Waals surface area contributed by atoms with E-state index in [9.17, 15) is 23.1 Å². The molecule has 0 saturated carbocycles. The zero-order chi connectivity index (χ0) is 12.3. The van der Waals surface area contributed by atoms with Crippen LogP contribution < -0.4 is 5.32 Å². The van der Waals surface area contributed by atoms with Crippen LogP contribution in [0.15, 0.2) is 0 Å². The maximum atomic E-state index is 12.4. The van der Waals surface area contributed by atoms with E-state index in [1.165, 1.54) is 0 Å². The number of rotatable bonds is 4. The second-order valence-corrected chi connectivity index (χ2v) is 3.95. The van der Waals surface area contributed by atoms with Gasteiger partial charge in [-0.1, -0.05) is 0 Å². The first-order valence-corrected chi connectivity index (χ1v) is 4.74. The summed E-state index contributed by atoms with van der Waals surface area (Å²) in [5, 5.41) is 11.3. The molecule has 0 rings (SSSR count). The summed E-state index contributed by atoms with van der Waals surface area (Å²) >= 11 is 5.11. The summed E-state index contributed by atoms with van der Waals surface area (Å²) in [6.07, 6.45) is -4.57. The Bertz CT molecular complexity index is 211. The number of halogens is 4. The molecule has 15 heavy (non-hydrogen) atoms. The van der Waals surface area contributed by atoms with E-state index in [1.807, 2.05) is 5.32 Å². The molecule has 0 aromatic carbocycles. The Hall–Kier alpha value is -0.490. The van der Waals surface area contributed by atoms with Gasteiger partial charge in [0.1, 0.15) is 11.8 Å². The average molecular weight is 248 g/mol. The Labute approximate surface area is 90.6 Å². The summed E-state index contributed by atoms with van der Waals surface area (Å²) in [6, 6.07) is 0. The zero-order valence-electron chi connectivity index (χ0n) is 8.36. The maximum absolute atomic E-state index is 12.4. The normalized spacial score (nSPS) is 14.9. The van der Waals surface area contributed by atoms with Crippen molar-refractivity contribution in [1.29, 1.82) is 0 Å². The standard InChI is InChI=1S/C8H13ClF3NO2/c1-7(2,15)5(8(10,11)12)4-13-6(14)3-9/h5,15H,3-4H2,1-2H3,(H,13,14). The highest BCUT2D eigenvalue weighted by Gasteiger charge is 2.48. The van der Waals surface area contributed by atoms with Crippen LogP contribution in [0.2, 0.25) is 0 Å². The molecular formula is C8H13ClF3NO2. The zero-order valence-corrected chi connectivity index (χ0v) is 9.11. The maximum Gasteiger partial charge on any atom is 0.396 e. The van der Waals surface area contributed by atoms with E-state index >= 15 is 0 Å². The number of nitrogens with one attached hydrogen (secondary N) is 1. The van der Waals surface area contributed by atoms with Gasteiger partial charge in [-0.25, -0.2) is 0 Å². The molecule has 7 heteroatoms. The highest BCUT2D eigenvalue weighted by atomic mass is 35.5. The first-order valence-electron chi connectivity index (χ1n) is 4.20. The molecule has 0 aromatic heterocycles. The first-order chi connectivity index (χ1) is 6.59. The SMILES string of the molecule is CC(C)(O)C(CNC(=O)CCl)C(F)(F)F. The molecule has 1 unspecified atom stereocenters. The van der Waals surface area contributed by atoms with Crippen molar-refractivity contribution in [1.82, 2.24) is 5.32 Å². The molecule has 0 aliphatic heterocycles. The Kier molecular flexibility index (Phi) is 4.86. The van der Waals surface area contributed by atoms with Gasteiger partial charge in [-0.15, -0.1) is 11.6 Å². The van der Waals surface area contributed by atoms with Crippen molar-refractivity contribution < 1.29 is 23.1 Å². The van der Waals surface area contributed by atoms with Crippen molar-refractivity contribution in [3.63, 3.8) is 0 Å². The van der Waals surface area contributed by atoms with Crippen molar-refractivity contribution in [2.24, 2.45) is 5.92 Å². The van der Waals surface area contributed by atoms with E-state index in [-0.39, 0.29) is 0 Å². The molecule has 0 fully saturated rings. The van der Waals surface area contributed by atoms with Crippen LogP contribution >= 0.6 is 11.6 Å². The van der Waals surface area contributed by atoms with Gasteiger partial charge in [-0.2, -0.15) is 13.2 Å². The fraction of sp³-hybridized carbons (Fsp3) is 0.875. The van der Waals surface area contributed by atoms with Crippen molar-refractivity contribution in [2.75, 3.05) is 12.4 Å². The Morgan fingerprint density at radius 2 is 1.93 bits per heavy atom. The average Bonchev–Trinajstić information content (AvgIpc) is 1.99. The summed E-state index contributed by atoms with van der Waals surface area (Å²) < 4.78 is 37.3. The molecule has 3 nitrogen and oxygen atoms in total. The third-order valence-electron chi connectivity index (χ3n) is 1.87. The van der Waals surface area contributed by atoms with E-state index in [4.69, 9.17) is 11.6 Å². The third kappa shape index (κ3) is 5.22. The van der Waals surface area contributed by atoms with Gasteiger partial charge in [0, 0.05) is 6.54 Å². The molecule has 0 heterocycles. The molecule has 0 radical (unpaired) electrons. The van der Waals surface area contributed by atoms with Gasteiger partial charge in [-0.3, -0.25) is 4.79 Å². The Balaban J connectivity index is 4.49. The topological polar surface area (TPSA) is 49.3 Å². The molecule has 0 bridgehead atoms. The van der Waals surface area contributed by atoms with Gasteiger partial charge in [0.25, 0.3) is 0 Å². The second kappa shape index (κ2) is 5.03. The first kappa shape index (κ1) is 14.5. The van der Waals surface area contributed by atoms with Crippen LogP contribution in [-0.4, -0.2) is 35.2 Å². The molecule has 0 aromatic rings. The number of carbonyl (C=O) groups is 1. The molecule has 90 valence electrons. The van der Waals surface area contributed by atoms with Gasteiger partial charge < -0.3 is 10.4 Å². The number of amides is 1. The smallest absolute Gasteiger partial charge is 0.390 e. The lowest BCUT2D eigenvalue weighted by Crippen LogP contribution is -2.48. The minimum Gasteiger partial charge on any atom is -0.390 e. The molecule has 0 saturated heterocycles. The summed E-state index contributed by atoms with van der Waals surface area (Å²) in [7, 11) is 0. The van der Waals surface area contributed by atoms with E-state index in [0.29, 0.717) is 0 Å². The van der Waals surface area contributed by atoms with E-state index < -0.39 is 36.0 Å². The molecule has 0 aliphatic carbocycles. The number of hydrogen-bond acceptors (Lipinski definition) is 2. The summed E-state index contributed by atoms with van der Waals surface area (Å²) in [5.74, 6) is -3.12. The van der Waals surface area contributed by atoms with Crippen molar-refractivity contribution in [3.8, 4) is 0 Å². The molecular weight excluding hydrogens is 235 g/mol. The molecule has 0 aliphatic rings. The molecule has 1 atom stereocenters. The highest BCUT2D eigenvalue weighted by molar-refractivity contribution is 6.27. The van der Waals surface area contributed by atoms with Gasteiger partial charge in [-0.05, 0) is 13.8 Å². The second-order valence-electron chi connectivity index (χ2n) is 3.69. The highest BCUT2D eigenvalue weighted by Crippen LogP contribution is 2.33. The van der Waals surface area contributed by atoms with Crippen molar-refractivity contribution in [3.05, 3.63) is 0 Å². The lowest BCUT2D eigenvalue weighted by atomic mass is 9.90. The van der Waals surface area contributed by atoms with E-state index in [2.05, 4.69) is 0 Å². The van der Waals surface area contributed by atoms with E-state index in [0.717, 1.165) is 13.8 Å². The summed E-state index contributed by atoms with van der Waals surface area (Å²) in [6.45, 7) is 1.40. The van der Waals surface area contributed by atoms with Crippen molar-refractivity contribution in [2.45, 2.75) is 25.6 Å². The minimum atomic E-state index is -4.57. The number of aliphatic hydroxyl groups is 1. The quantitative estimate of drug-likeness (QED) is 0.736. The monoisotopic (exact) mass is 247 g/mol.